The molecule has 0 aliphatic heterocycles. The quantitative estimate of drug-likeness (QED) is 0.922. The first-order valence-electron chi connectivity index (χ1n) is 8.05. The van der Waals surface area contributed by atoms with E-state index >= 15 is 0 Å². The molecule has 106 valence electrons. The van der Waals surface area contributed by atoms with Gasteiger partial charge in [0.2, 0.25) is 0 Å². The van der Waals surface area contributed by atoms with Crippen molar-refractivity contribution >= 4 is 11.0 Å². The van der Waals surface area contributed by atoms with Gasteiger partial charge in [-0.25, -0.2) is 4.98 Å². The molecular formula is C17H23N3. The largest absolute Gasteiger partial charge is 0.326 e. The molecule has 0 spiro atoms. The van der Waals surface area contributed by atoms with Crippen LogP contribution in [0, 0.1) is 5.92 Å². The zero-order chi connectivity index (χ0) is 13.5. The molecule has 20 heavy (non-hydrogen) atoms. The van der Waals surface area contributed by atoms with Gasteiger partial charge >= 0.3 is 0 Å². The summed E-state index contributed by atoms with van der Waals surface area (Å²) in [5.41, 5.74) is 9.40. The van der Waals surface area contributed by atoms with E-state index in [4.69, 9.17) is 10.7 Å². The van der Waals surface area contributed by atoms with Gasteiger partial charge in [0.05, 0.1) is 11.0 Å². The summed E-state index contributed by atoms with van der Waals surface area (Å²) in [6, 6.07) is 7.26. The Morgan fingerprint density at radius 3 is 2.65 bits per heavy atom. The van der Waals surface area contributed by atoms with Crippen LogP contribution in [0.5, 0.6) is 0 Å². The molecule has 0 saturated heterocycles. The molecule has 1 aromatic carbocycles. The first-order chi connectivity index (χ1) is 9.85. The molecule has 1 heterocycles. The topological polar surface area (TPSA) is 43.8 Å². The highest BCUT2D eigenvalue weighted by Gasteiger charge is 2.29. The van der Waals surface area contributed by atoms with Crippen LogP contribution in [0.2, 0.25) is 0 Å². The van der Waals surface area contributed by atoms with Crippen molar-refractivity contribution in [3.05, 3.63) is 29.6 Å². The highest BCUT2D eigenvalue weighted by Crippen LogP contribution is 2.40. The second-order valence-corrected chi connectivity index (χ2v) is 6.51. The molecular weight excluding hydrogens is 246 g/mol. The molecule has 2 saturated carbocycles. The van der Waals surface area contributed by atoms with E-state index in [0.29, 0.717) is 12.6 Å². The first-order valence-corrected chi connectivity index (χ1v) is 8.05. The highest BCUT2D eigenvalue weighted by atomic mass is 15.1. The fourth-order valence-corrected chi connectivity index (χ4v) is 3.68. The number of fused-ring (bicyclic) bond motifs is 1. The average molecular weight is 269 g/mol. The van der Waals surface area contributed by atoms with Gasteiger partial charge in [-0.2, -0.15) is 0 Å². The molecule has 2 aliphatic carbocycles. The molecule has 0 atom stereocenters. The molecule has 0 amide bonds. The number of hydrogen-bond acceptors (Lipinski definition) is 2. The standard InChI is InChI=1S/C17H23N3/c18-11-13-5-8-16-15(9-13)19-17(20(16)14-6-7-14)10-12-3-1-2-4-12/h5,8-9,12,14H,1-4,6-7,10-11,18H2. The third kappa shape index (κ3) is 2.14. The van der Waals surface area contributed by atoms with Crippen LogP contribution >= 0.6 is 0 Å². The minimum Gasteiger partial charge on any atom is -0.326 e. The number of aromatic nitrogens is 2. The minimum atomic E-state index is 0.601. The Labute approximate surface area is 120 Å². The Hall–Kier alpha value is -1.35. The third-order valence-corrected chi connectivity index (χ3v) is 4.92. The number of benzene rings is 1. The van der Waals surface area contributed by atoms with Crippen molar-refractivity contribution in [3.8, 4) is 0 Å². The molecule has 1 aromatic heterocycles. The van der Waals surface area contributed by atoms with Crippen molar-refractivity contribution in [1.82, 2.24) is 9.55 Å². The Morgan fingerprint density at radius 1 is 1.15 bits per heavy atom. The SMILES string of the molecule is NCc1ccc2c(c1)nc(CC1CCCC1)n2C1CC1. The van der Waals surface area contributed by atoms with Gasteiger partial charge in [0.15, 0.2) is 0 Å². The van der Waals surface area contributed by atoms with Crippen molar-refractivity contribution in [2.75, 3.05) is 0 Å². The van der Waals surface area contributed by atoms with Gasteiger partial charge in [0.1, 0.15) is 5.82 Å². The van der Waals surface area contributed by atoms with Crippen LogP contribution < -0.4 is 5.73 Å². The summed E-state index contributed by atoms with van der Waals surface area (Å²) >= 11 is 0. The van der Waals surface area contributed by atoms with Gasteiger partial charge in [-0.15, -0.1) is 0 Å². The second kappa shape index (κ2) is 4.88. The molecule has 2 N–H and O–H groups in total. The average Bonchev–Trinajstić information content (AvgIpc) is 3.05. The lowest BCUT2D eigenvalue weighted by Crippen LogP contribution is -2.07. The molecule has 2 fully saturated rings. The van der Waals surface area contributed by atoms with Crippen molar-refractivity contribution in [3.63, 3.8) is 0 Å². The zero-order valence-corrected chi connectivity index (χ0v) is 12.0. The second-order valence-electron chi connectivity index (χ2n) is 6.51. The van der Waals surface area contributed by atoms with Gasteiger partial charge in [0.25, 0.3) is 0 Å². The van der Waals surface area contributed by atoms with Gasteiger partial charge in [-0.05, 0) is 36.5 Å². The van der Waals surface area contributed by atoms with Crippen LogP contribution in [0.3, 0.4) is 0 Å². The van der Waals surface area contributed by atoms with Crippen molar-refractivity contribution in [1.29, 1.82) is 0 Å². The van der Waals surface area contributed by atoms with Crippen molar-refractivity contribution in [2.24, 2.45) is 11.7 Å². The summed E-state index contributed by atoms with van der Waals surface area (Å²) in [7, 11) is 0. The Morgan fingerprint density at radius 2 is 1.95 bits per heavy atom. The maximum Gasteiger partial charge on any atom is 0.110 e. The fraction of sp³-hybridized carbons (Fsp3) is 0.588. The third-order valence-electron chi connectivity index (χ3n) is 4.92. The predicted molar refractivity (Wildman–Crippen MR) is 81.6 cm³/mol. The predicted octanol–water partition coefficient (Wildman–Crippen LogP) is 3.56. The van der Waals surface area contributed by atoms with Crippen LogP contribution in [0.1, 0.15) is 56.0 Å². The normalized spacial score (nSPS) is 20.1. The van der Waals surface area contributed by atoms with Crippen LogP contribution in [-0.2, 0) is 13.0 Å². The van der Waals surface area contributed by atoms with Crippen LogP contribution in [0.15, 0.2) is 18.2 Å². The molecule has 2 aromatic rings. The zero-order valence-electron chi connectivity index (χ0n) is 12.0. The number of hydrogen-bond donors (Lipinski definition) is 1. The lowest BCUT2D eigenvalue weighted by molar-refractivity contribution is 0.513. The highest BCUT2D eigenvalue weighted by molar-refractivity contribution is 5.77. The molecule has 0 unspecified atom stereocenters. The lowest BCUT2D eigenvalue weighted by atomic mass is 10.0. The minimum absolute atomic E-state index is 0.601. The smallest absolute Gasteiger partial charge is 0.110 e. The molecule has 0 bridgehead atoms. The van der Waals surface area contributed by atoms with E-state index in [0.717, 1.165) is 11.4 Å². The number of imidazole rings is 1. The summed E-state index contributed by atoms with van der Waals surface area (Å²) < 4.78 is 2.52. The van der Waals surface area contributed by atoms with Crippen molar-refractivity contribution < 1.29 is 0 Å². The van der Waals surface area contributed by atoms with Crippen LogP contribution in [0.4, 0.5) is 0 Å². The van der Waals surface area contributed by atoms with Gasteiger partial charge in [-0.3, -0.25) is 0 Å². The molecule has 2 aliphatic rings. The van der Waals surface area contributed by atoms with E-state index in [1.165, 1.54) is 61.9 Å². The van der Waals surface area contributed by atoms with Gasteiger partial charge in [0, 0.05) is 19.0 Å². The summed E-state index contributed by atoms with van der Waals surface area (Å²) in [6.07, 6.45) is 9.41. The van der Waals surface area contributed by atoms with Gasteiger partial charge in [-0.1, -0.05) is 31.7 Å². The maximum absolute atomic E-state index is 5.76. The molecule has 3 heteroatoms. The Balaban J connectivity index is 1.75. The number of nitrogens with zero attached hydrogens (tertiary/aromatic N) is 2. The van der Waals surface area contributed by atoms with E-state index in [9.17, 15) is 0 Å². The van der Waals surface area contributed by atoms with E-state index < -0.39 is 0 Å². The van der Waals surface area contributed by atoms with E-state index in [1.807, 2.05) is 0 Å². The van der Waals surface area contributed by atoms with Crippen LogP contribution in [0.25, 0.3) is 11.0 Å². The monoisotopic (exact) mass is 269 g/mol. The number of rotatable bonds is 4. The molecule has 3 nitrogen and oxygen atoms in total. The maximum atomic E-state index is 5.76. The first kappa shape index (κ1) is 12.4. The Kier molecular flexibility index (Phi) is 3.03. The van der Waals surface area contributed by atoms with Crippen LogP contribution in [-0.4, -0.2) is 9.55 Å². The lowest BCUT2D eigenvalue weighted by Gasteiger charge is -2.11. The van der Waals surface area contributed by atoms with E-state index in [1.54, 1.807) is 0 Å². The fourth-order valence-electron chi connectivity index (χ4n) is 3.68. The Bertz CT molecular complexity index is 618. The summed E-state index contributed by atoms with van der Waals surface area (Å²) in [6.45, 7) is 0.601. The summed E-state index contributed by atoms with van der Waals surface area (Å²) in [4.78, 5) is 4.95. The van der Waals surface area contributed by atoms with E-state index in [2.05, 4.69) is 22.8 Å². The summed E-state index contributed by atoms with van der Waals surface area (Å²) in [5.74, 6) is 2.18. The molecule has 0 radical (unpaired) electrons. The number of nitrogens with two attached hydrogens (primary N) is 1. The van der Waals surface area contributed by atoms with Crippen molar-refractivity contribution in [2.45, 2.75) is 57.5 Å². The molecule has 4 rings (SSSR count). The van der Waals surface area contributed by atoms with E-state index in [-0.39, 0.29) is 0 Å². The van der Waals surface area contributed by atoms with Gasteiger partial charge < -0.3 is 10.3 Å². The summed E-state index contributed by atoms with van der Waals surface area (Å²) in [5, 5.41) is 0.